The lowest BCUT2D eigenvalue weighted by atomic mass is 10.1. The molecule has 0 amide bonds. The number of aryl methyl sites for hydroxylation is 2. The largest absolute Gasteiger partial charge is 0.295 e. The monoisotopic (exact) mass is 347 g/mol. The molecule has 0 N–H and O–H groups in total. The number of hydrogen-bond acceptors (Lipinski definition) is 4. The Labute approximate surface area is 154 Å². The van der Waals surface area contributed by atoms with Gasteiger partial charge in [-0.05, 0) is 51.3 Å². The number of rotatable bonds is 6. The minimum atomic E-state index is 0.377. The van der Waals surface area contributed by atoms with Gasteiger partial charge in [0.2, 0.25) is 0 Å². The molecular weight excluding hydrogens is 322 g/mol. The highest BCUT2D eigenvalue weighted by atomic mass is 15.2. The van der Waals surface area contributed by atoms with E-state index in [9.17, 15) is 0 Å². The van der Waals surface area contributed by atoms with Crippen molar-refractivity contribution in [3.8, 4) is 5.82 Å². The second-order valence-electron chi connectivity index (χ2n) is 6.93. The molecule has 5 nitrogen and oxygen atoms in total. The smallest absolute Gasteiger partial charge is 0.156 e. The van der Waals surface area contributed by atoms with E-state index in [2.05, 4.69) is 45.2 Å². The molecule has 1 aliphatic heterocycles. The lowest BCUT2D eigenvalue weighted by Crippen LogP contribution is -2.25. The molecule has 134 valence electrons. The number of imidazole rings is 1. The fraction of sp³-hybridized carbons (Fsp3) is 0.381. The van der Waals surface area contributed by atoms with Crippen molar-refractivity contribution >= 4 is 0 Å². The van der Waals surface area contributed by atoms with E-state index in [0.717, 1.165) is 43.3 Å². The summed E-state index contributed by atoms with van der Waals surface area (Å²) in [7, 11) is 0. The summed E-state index contributed by atoms with van der Waals surface area (Å²) in [6.45, 7) is 4.24. The van der Waals surface area contributed by atoms with Gasteiger partial charge in [-0.2, -0.15) is 0 Å². The molecule has 1 aliphatic rings. The van der Waals surface area contributed by atoms with Gasteiger partial charge in [0.25, 0.3) is 0 Å². The maximum Gasteiger partial charge on any atom is 0.156 e. The Hall–Kier alpha value is -2.53. The Morgan fingerprint density at radius 1 is 1.15 bits per heavy atom. The lowest BCUT2D eigenvalue weighted by Gasteiger charge is -2.24. The molecule has 5 heteroatoms. The number of benzene rings is 1. The zero-order chi connectivity index (χ0) is 17.8. The van der Waals surface area contributed by atoms with Crippen LogP contribution in [0.1, 0.15) is 42.4 Å². The molecule has 3 aromatic rings. The van der Waals surface area contributed by atoms with Crippen LogP contribution < -0.4 is 0 Å². The predicted octanol–water partition coefficient (Wildman–Crippen LogP) is 3.74. The second kappa shape index (κ2) is 7.79. The van der Waals surface area contributed by atoms with Gasteiger partial charge in [0.15, 0.2) is 5.82 Å². The molecule has 0 spiro atoms. The quantitative estimate of drug-likeness (QED) is 0.681. The fourth-order valence-electron chi connectivity index (χ4n) is 3.83. The van der Waals surface area contributed by atoms with E-state index in [-0.39, 0.29) is 0 Å². The Balaban J connectivity index is 1.44. The number of likely N-dealkylation sites (tertiary alicyclic amines) is 1. The molecule has 0 bridgehead atoms. The van der Waals surface area contributed by atoms with Gasteiger partial charge in [0.05, 0.1) is 24.1 Å². The third-order valence-electron chi connectivity index (χ3n) is 5.17. The van der Waals surface area contributed by atoms with Crippen LogP contribution in [0.25, 0.3) is 5.82 Å². The van der Waals surface area contributed by atoms with Crippen LogP contribution in [0.5, 0.6) is 0 Å². The number of aromatic nitrogens is 4. The minimum Gasteiger partial charge on any atom is -0.295 e. The Morgan fingerprint density at radius 2 is 2.04 bits per heavy atom. The standard InChI is InChI=1S/C21H25N5/c1-17-23-11-14-26(17)21-16-22-15-19(24-21)20-10-6-13-25(20)12-5-9-18-7-3-2-4-8-18/h2-4,7-8,11,14-16,20H,5-6,9-10,12-13H2,1H3/t20-/m1/s1. The van der Waals surface area contributed by atoms with E-state index < -0.39 is 0 Å². The van der Waals surface area contributed by atoms with Crippen LogP contribution >= 0.6 is 0 Å². The van der Waals surface area contributed by atoms with E-state index in [1.54, 1.807) is 6.20 Å². The van der Waals surface area contributed by atoms with Gasteiger partial charge in [-0.1, -0.05) is 30.3 Å². The van der Waals surface area contributed by atoms with Crippen molar-refractivity contribution in [2.45, 2.75) is 38.6 Å². The van der Waals surface area contributed by atoms with Crippen LogP contribution in [0.3, 0.4) is 0 Å². The molecule has 3 heterocycles. The highest BCUT2D eigenvalue weighted by Crippen LogP contribution is 2.31. The Kier molecular flexibility index (Phi) is 5.07. The summed E-state index contributed by atoms with van der Waals surface area (Å²) in [6, 6.07) is 11.1. The van der Waals surface area contributed by atoms with Gasteiger partial charge in [-0.3, -0.25) is 14.5 Å². The maximum absolute atomic E-state index is 4.89. The number of nitrogens with zero attached hydrogens (tertiary/aromatic N) is 5. The molecule has 0 saturated carbocycles. The summed E-state index contributed by atoms with van der Waals surface area (Å²) in [5, 5.41) is 0. The molecule has 1 atom stereocenters. The van der Waals surface area contributed by atoms with Gasteiger partial charge in [0.1, 0.15) is 5.82 Å². The topological polar surface area (TPSA) is 46.8 Å². The molecule has 1 aromatic carbocycles. The van der Waals surface area contributed by atoms with Crippen molar-refractivity contribution < 1.29 is 0 Å². The van der Waals surface area contributed by atoms with Crippen molar-refractivity contribution in [3.63, 3.8) is 0 Å². The third-order valence-corrected chi connectivity index (χ3v) is 5.17. The molecule has 0 aliphatic carbocycles. The highest BCUT2D eigenvalue weighted by Gasteiger charge is 2.27. The SMILES string of the molecule is Cc1nccn1-c1cncc([C@H]2CCCN2CCCc2ccccc2)n1. The first-order valence-corrected chi connectivity index (χ1v) is 9.41. The van der Waals surface area contributed by atoms with Crippen molar-refractivity contribution in [1.29, 1.82) is 0 Å². The van der Waals surface area contributed by atoms with Gasteiger partial charge in [-0.25, -0.2) is 9.97 Å². The number of hydrogen-bond donors (Lipinski definition) is 0. The molecular formula is C21H25N5. The van der Waals surface area contributed by atoms with E-state index in [4.69, 9.17) is 4.98 Å². The minimum absolute atomic E-state index is 0.377. The summed E-state index contributed by atoms with van der Waals surface area (Å²) in [4.78, 5) is 16.2. The first kappa shape index (κ1) is 16.9. The summed E-state index contributed by atoms with van der Waals surface area (Å²) in [5.74, 6) is 1.79. The maximum atomic E-state index is 4.89. The molecule has 2 aromatic heterocycles. The summed E-state index contributed by atoms with van der Waals surface area (Å²) >= 11 is 0. The van der Waals surface area contributed by atoms with Crippen LogP contribution in [0.4, 0.5) is 0 Å². The van der Waals surface area contributed by atoms with Crippen LogP contribution in [0.15, 0.2) is 55.1 Å². The molecule has 1 saturated heterocycles. The first-order valence-electron chi connectivity index (χ1n) is 9.41. The van der Waals surface area contributed by atoms with Crippen molar-refractivity contribution in [2.75, 3.05) is 13.1 Å². The summed E-state index contributed by atoms with van der Waals surface area (Å²) < 4.78 is 1.99. The van der Waals surface area contributed by atoms with Crippen molar-refractivity contribution in [3.05, 3.63) is 72.2 Å². The average Bonchev–Trinajstić information content (AvgIpc) is 3.32. The van der Waals surface area contributed by atoms with Crippen LogP contribution in [-0.4, -0.2) is 37.5 Å². The third kappa shape index (κ3) is 3.68. The van der Waals surface area contributed by atoms with E-state index in [1.165, 1.54) is 18.4 Å². The Morgan fingerprint density at radius 3 is 2.85 bits per heavy atom. The van der Waals surface area contributed by atoms with Gasteiger partial charge in [-0.15, -0.1) is 0 Å². The summed E-state index contributed by atoms with van der Waals surface area (Å²) in [5.41, 5.74) is 2.49. The molecule has 1 fully saturated rings. The predicted molar refractivity (Wildman–Crippen MR) is 102 cm³/mol. The van der Waals surface area contributed by atoms with Gasteiger partial charge in [0, 0.05) is 12.4 Å². The molecule has 26 heavy (non-hydrogen) atoms. The van der Waals surface area contributed by atoms with Crippen molar-refractivity contribution in [2.24, 2.45) is 0 Å². The molecule has 0 radical (unpaired) electrons. The fourth-order valence-corrected chi connectivity index (χ4v) is 3.83. The second-order valence-corrected chi connectivity index (χ2v) is 6.93. The average molecular weight is 347 g/mol. The van der Waals surface area contributed by atoms with E-state index in [1.807, 2.05) is 30.1 Å². The Bertz CT molecular complexity index is 842. The molecule has 0 unspecified atom stereocenters. The van der Waals surface area contributed by atoms with Crippen LogP contribution in [0, 0.1) is 6.92 Å². The highest BCUT2D eigenvalue weighted by molar-refractivity contribution is 5.23. The zero-order valence-corrected chi connectivity index (χ0v) is 15.3. The first-order chi connectivity index (χ1) is 12.8. The van der Waals surface area contributed by atoms with E-state index in [0.29, 0.717) is 6.04 Å². The normalized spacial score (nSPS) is 17.7. The van der Waals surface area contributed by atoms with Gasteiger partial charge >= 0.3 is 0 Å². The molecule has 4 rings (SSSR count). The summed E-state index contributed by atoms with van der Waals surface area (Å²) in [6.07, 6.45) is 12.2. The van der Waals surface area contributed by atoms with Crippen LogP contribution in [0.2, 0.25) is 0 Å². The van der Waals surface area contributed by atoms with Gasteiger partial charge < -0.3 is 0 Å². The zero-order valence-electron chi connectivity index (χ0n) is 15.3. The van der Waals surface area contributed by atoms with E-state index >= 15 is 0 Å². The lowest BCUT2D eigenvalue weighted by molar-refractivity contribution is 0.249. The van der Waals surface area contributed by atoms with Crippen LogP contribution in [-0.2, 0) is 6.42 Å². The van der Waals surface area contributed by atoms with Crippen molar-refractivity contribution in [1.82, 2.24) is 24.4 Å².